The van der Waals surface area contributed by atoms with Gasteiger partial charge >= 0.3 is 0 Å². The number of anilines is 2. The highest BCUT2D eigenvalue weighted by Gasteiger charge is 2.08. The zero-order chi connectivity index (χ0) is 10.6. The Labute approximate surface area is 86.5 Å². The van der Waals surface area contributed by atoms with E-state index in [-0.39, 0.29) is 13.2 Å². The molecule has 0 spiro atoms. The molecule has 1 rings (SSSR count). The first kappa shape index (κ1) is 11.0. The van der Waals surface area contributed by atoms with Gasteiger partial charge in [-0.15, -0.1) is 0 Å². The summed E-state index contributed by atoms with van der Waals surface area (Å²) in [5.74, 6) is 0.405. The van der Waals surface area contributed by atoms with Gasteiger partial charge in [-0.05, 0) is 6.07 Å². The second-order valence-corrected chi connectivity index (χ2v) is 3.23. The number of nitrogens with zero attached hydrogens (tertiary/aromatic N) is 1. The maximum Gasteiger partial charge on any atom is 0.149 e. The Morgan fingerprint density at radius 3 is 2.64 bits per heavy atom. The molecule has 6 heteroatoms. The van der Waals surface area contributed by atoms with E-state index in [1.807, 2.05) is 0 Å². The third-order valence-corrected chi connectivity index (χ3v) is 1.87. The first-order valence-electron chi connectivity index (χ1n) is 4.06. The molecule has 0 atom stereocenters. The average Bonchev–Trinajstić information content (AvgIpc) is 2.17. The molecule has 0 saturated carbocycles. The van der Waals surface area contributed by atoms with Crippen LogP contribution in [-0.4, -0.2) is 34.5 Å². The number of rotatable bonds is 4. The average molecular weight is 218 g/mol. The fraction of sp³-hybridized carbons (Fsp3) is 0.375. The number of aromatic nitrogens is 1. The van der Waals surface area contributed by atoms with Crippen molar-refractivity contribution in [2.24, 2.45) is 0 Å². The Kier molecular flexibility index (Phi) is 3.94. The van der Waals surface area contributed by atoms with Crippen molar-refractivity contribution in [3.63, 3.8) is 0 Å². The number of hydrogen-bond donors (Lipinski definition) is 4. The molecule has 0 bridgehead atoms. The fourth-order valence-corrected chi connectivity index (χ4v) is 1.08. The molecule has 0 aliphatic carbocycles. The Hall–Kier alpha value is -1.04. The first-order chi connectivity index (χ1) is 6.67. The monoisotopic (exact) mass is 217 g/mol. The van der Waals surface area contributed by atoms with Crippen LogP contribution in [0.4, 0.5) is 11.5 Å². The Morgan fingerprint density at radius 2 is 2.14 bits per heavy atom. The molecule has 1 aromatic rings. The highest BCUT2D eigenvalue weighted by Crippen LogP contribution is 2.19. The topological polar surface area (TPSA) is 91.4 Å². The van der Waals surface area contributed by atoms with Crippen molar-refractivity contribution in [2.45, 2.75) is 6.04 Å². The second-order valence-electron chi connectivity index (χ2n) is 2.80. The number of hydrogen-bond acceptors (Lipinski definition) is 5. The quantitative estimate of drug-likeness (QED) is 0.574. The Morgan fingerprint density at radius 1 is 1.50 bits per heavy atom. The summed E-state index contributed by atoms with van der Waals surface area (Å²) in [5.41, 5.74) is 5.99. The van der Waals surface area contributed by atoms with E-state index in [9.17, 15) is 0 Å². The van der Waals surface area contributed by atoms with Crippen molar-refractivity contribution in [3.8, 4) is 0 Å². The zero-order valence-corrected chi connectivity index (χ0v) is 8.20. The summed E-state index contributed by atoms with van der Waals surface area (Å²) < 4.78 is 0. The first-order valence-corrected chi connectivity index (χ1v) is 4.44. The predicted molar refractivity (Wildman–Crippen MR) is 55.2 cm³/mol. The Bertz CT molecular complexity index is 305. The molecule has 0 unspecified atom stereocenters. The van der Waals surface area contributed by atoms with Crippen LogP contribution in [-0.2, 0) is 0 Å². The molecule has 0 aliphatic heterocycles. The minimum Gasteiger partial charge on any atom is -0.396 e. The lowest BCUT2D eigenvalue weighted by Gasteiger charge is -2.15. The molecule has 1 aromatic heterocycles. The molecule has 5 N–H and O–H groups in total. The SMILES string of the molecule is Nc1cc(Cl)cnc1NC(CO)CO. The van der Waals surface area contributed by atoms with Crippen LogP contribution in [0.15, 0.2) is 12.3 Å². The van der Waals surface area contributed by atoms with E-state index < -0.39 is 6.04 Å². The van der Waals surface area contributed by atoms with Crippen LogP contribution < -0.4 is 11.1 Å². The van der Waals surface area contributed by atoms with Gasteiger partial charge in [0.1, 0.15) is 5.82 Å². The van der Waals surface area contributed by atoms with Crippen LogP contribution in [0.3, 0.4) is 0 Å². The Balaban J connectivity index is 2.76. The third kappa shape index (κ3) is 2.73. The normalized spacial score (nSPS) is 10.6. The number of aliphatic hydroxyl groups excluding tert-OH is 2. The molecular formula is C8H12ClN3O2. The van der Waals surface area contributed by atoms with Gasteiger partial charge in [-0.3, -0.25) is 0 Å². The molecule has 1 heterocycles. The molecule has 0 aliphatic rings. The smallest absolute Gasteiger partial charge is 0.149 e. The predicted octanol–water partition coefficient (Wildman–Crippen LogP) is 0.0823. The van der Waals surface area contributed by atoms with E-state index in [1.54, 1.807) is 6.07 Å². The lowest BCUT2D eigenvalue weighted by molar-refractivity contribution is 0.203. The van der Waals surface area contributed by atoms with Gasteiger partial charge in [0.25, 0.3) is 0 Å². The van der Waals surface area contributed by atoms with E-state index in [0.29, 0.717) is 16.5 Å². The number of aliphatic hydroxyl groups is 2. The number of nitrogens with two attached hydrogens (primary N) is 1. The molecule has 0 aromatic carbocycles. The maximum atomic E-state index is 8.82. The maximum absolute atomic E-state index is 8.82. The molecule has 0 amide bonds. The minimum atomic E-state index is -0.467. The number of nitrogens with one attached hydrogen (secondary N) is 1. The van der Waals surface area contributed by atoms with E-state index in [2.05, 4.69) is 10.3 Å². The largest absolute Gasteiger partial charge is 0.396 e. The summed E-state index contributed by atoms with van der Waals surface area (Å²) in [6.07, 6.45) is 1.44. The summed E-state index contributed by atoms with van der Waals surface area (Å²) >= 11 is 5.65. The number of halogens is 1. The standard InChI is InChI=1S/C8H12ClN3O2/c9-5-1-7(10)8(11-2-5)12-6(3-13)4-14/h1-2,6,13-14H,3-4,10H2,(H,11,12). The van der Waals surface area contributed by atoms with Crippen LogP contribution >= 0.6 is 11.6 Å². The van der Waals surface area contributed by atoms with Crippen LogP contribution in [0.2, 0.25) is 5.02 Å². The molecule has 5 nitrogen and oxygen atoms in total. The fourth-order valence-electron chi connectivity index (χ4n) is 0.918. The molecular weight excluding hydrogens is 206 g/mol. The highest BCUT2D eigenvalue weighted by molar-refractivity contribution is 6.30. The summed E-state index contributed by atoms with van der Waals surface area (Å²) in [6, 6.07) is 1.08. The number of nitrogen functional groups attached to an aromatic ring is 1. The lowest BCUT2D eigenvalue weighted by Crippen LogP contribution is -2.28. The van der Waals surface area contributed by atoms with Crippen molar-refractivity contribution >= 4 is 23.1 Å². The summed E-state index contributed by atoms with van der Waals surface area (Å²) in [6.45, 7) is -0.388. The van der Waals surface area contributed by atoms with Crippen LogP contribution in [0.1, 0.15) is 0 Å². The minimum absolute atomic E-state index is 0.194. The van der Waals surface area contributed by atoms with E-state index in [1.165, 1.54) is 6.20 Å². The van der Waals surface area contributed by atoms with Crippen LogP contribution in [0.5, 0.6) is 0 Å². The van der Waals surface area contributed by atoms with Gasteiger partial charge in [0.2, 0.25) is 0 Å². The van der Waals surface area contributed by atoms with Gasteiger partial charge in [-0.25, -0.2) is 4.98 Å². The van der Waals surface area contributed by atoms with E-state index >= 15 is 0 Å². The van der Waals surface area contributed by atoms with E-state index in [4.69, 9.17) is 27.5 Å². The zero-order valence-electron chi connectivity index (χ0n) is 7.44. The molecule has 0 radical (unpaired) electrons. The second kappa shape index (κ2) is 4.99. The molecule has 78 valence electrons. The number of pyridine rings is 1. The van der Waals surface area contributed by atoms with E-state index in [0.717, 1.165) is 0 Å². The van der Waals surface area contributed by atoms with Crippen molar-refractivity contribution in [2.75, 3.05) is 24.3 Å². The summed E-state index contributed by atoms with van der Waals surface area (Å²) in [4.78, 5) is 3.92. The summed E-state index contributed by atoms with van der Waals surface area (Å²) in [7, 11) is 0. The lowest BCUT2D eigenvalue weighted by atomic mass is 10.3. The third-order valence-electron chi connectivity index (χ3n) is 1.67. The van der Waals surface area contributed by atoms with Gasteiger partial charge in [0, 0.05) is 6.20 Å². The highest BCUT2D eigenvalue weighted by atomic mass is 35.5. The van der Waals surface area contributed by atoms with Gasteiger partial charge < -0.3 is 21.3 Å². The van der Waals surface area contributed by atoms with Gasteiger partial charge in [-0.1, -0.05) is 11.6 Å². The van der Waals surface area contributed by atoms with Gasteiger partial charge in [0.05, 0.1) is 30.0 Å². The van der Waals surface area contributed by atoms with Crippen molar-refractivity contribution in [1.82, 2.24) is 4.98 Å². The van der Waals surface area contributed by atoms with Crippen LogP contribution in [0, 0.1) is 0 Å². The van der Waals surface area contributed by atoms with Gasteiger partial charge in [0.15, 0.2) is 0 Å². The van der Waals surface area contributed by atoms with Crippen molar-refractivity contribution in [1.29, 1.82) is 0 Å². The summed E-state index contributed by atoms with van der Waals surface area (Å²) in [5, 5.41) is 20.9. The van der Waals surface area contributed by atoms with Crippen molar-refractivity contribution in [3.05, 3.63) is 17.3 Å². The molecule has 0 saturated heterocycles. The molecule has 0 fully saturated rings. The van der Waals surface area contributed by atoms with Gasteiger partial charge in [-0.2, -0.15) is 0 Å². The molecule has 14 heavy (non-hydrogen) atoms. The van der Waals surface area contributed by atoms with Crippen LogP contribution in [0.25, 0.3) is 0 Å². The van der Waals surface area contributed by atoms with Crippen molar-refractivity contribution < 1.29 is 10.2 Å².